The minimum Gasteiger partial charge on any atom is -0.206 e. The molecule has 0 N–H and O–H groups in total. The van der Waals surface area contributed by atoms with Gasteiger partial charge in [0.1, 0.15) is 5.82 Å². The number of halogens is 4. The third kappa shape index (κ3) is 2.74. The smallest absolute Gasteiger partial charge is 0.206 e. The highest BCUT2D eigenvalue weighted by Crippen LogP contribution is 2.33. The van der Waals surface area contributed by atoms with Crippen molar-refractivity contribution in [3.63, 3.8) is 0 Å². The summed E-state index contributed by atoms with van der Waals surface area (Å²) in [5.74, 6) is -0.898. The maximum Gasteiger partial charge on any atom is 0.419 e. The van der Waals surface area contributed by atoms with Gasteiger partial charge in [0.2, 0.25) is 0 Å². The van der Waals surface area contributed by atoms with Crippen molar-refractivity contribution in [2.24, 2.45) is 5.92 Å². The summed E-state index contributed by atoms with van der Waals surface area (Å²) in [6, 6.07) is 3.13. The van der Waals surface area contributed by atoms with E-state index in [4.69, 9.17) is 0 Å². The Kier molecular flexibility index (Phi) is 3.61. The Morgan fingerprint density at radius 3 is 2.00 bits per heavy atom. The Hall–Kier alpha value is -1.06. The quantitative estimate of drug-likeness (QED) is 0.656. The van der Waals surface area contributed by atoms with Crippen molar-refractivity contribution >= 4 is 0 Å². The molecule has 0 amide bonds. The highest BCUT2D eigenvalue weighted by atomic mass is 19.4. The molecule has 1 atom stereocenters. The summed E-state index contributed by atoms with van der Waals surface area (Å²) in [5.41, 5.74) is -0.604. The van der Waals surface area contributed by atoms with Crippen molar-refractivity contribution in [3.05, 3.63) is 35.1 Å². The van der Waals surface area contributed by atoms with Crippen LogP contribution in [0.1, 0.15) is 37.8 Å². The van der Waals surface area contributed by atoms with Crippen molar-refractivity contribution < 1.29 is 17.6 Å². The zero-order chi connectivity index (χ0) is 12.5. The molecule has 0 nitrogen and oxygen atoms in total. The lowest BCUT2D eigenvalue weighted by Gasteiger charge is -2.17. The van der Waals surface area contributed by atoms with Crippen molar-refractivity contribution in [2.75, 3.05) is 0 Å². The molecule has 90 valence electrons. The van der Waals surface area contributed by atoms with E-state index in [9.17, 15) is 17.6 Å². The molecule has 0 heterocycles. The minimum atomic E-state index is -4.62. The first-order chi connectivity index (χ1) is 7.23. The van der Waals surface area contributed by atoms with Gasteiger partial charge in [0.25, 0.3) is 0 Å². The fraction of sp³-hybridized carbons (Fsp3) is 0.500. The summed E-state index contributed by atoms with van der Waals surface area (Å²) >= 11 is 0. The molecule has 0 aliphatic carbocycles. The third-order valence-electron chi connectivity index (χ3n) is 2.82. The van der Waals surface area contributed by atoms with Crippen LogP contribution in [-0.2, 0) is 6.18 Å². The molecule has 16 heavy (non-hydrogen) atoms. The lowest BCUT2D eigenvalue weighted by atomic mass is 9.90. The molecule has 1 rings (SSSR count). The summed E-state index contributed by atoms with van der Waals surface area (Å²) in [5, 5.41) is 0. The fourth-order valence-corrected chi connectivity index (χ4v) is 1.43. The minimum absolute atomic E-state index is 0.0387. The van der Waals surface area contributed by atoms with Crippen LogP contribution in [0.4, 0.5) is 17.6 Å². The lowest BCUT2D eigenvalue weighted by Crippen LogP contribution is -2.10. The second-order valence-electron chi connectivity index (χ2n) is 4.27. The summed E-state index contributed by atoms with van der Waals surface area (Å²) in [6.07, 6.45) is -4.62. The topological polar surface area (TPSA) is 0 Å². The monoisotopic (exact) mass is 234 g/mol. The standard InChI is InChI=1S/C12H14F4/c1-7(2)8(3)9-4-5-10(11(13)6-9)12(14,15)16/h4-8H,1-3H3/t8-/m1/s1. The van der Waals surface area contributed by atoms with Crippen molar-refractivity contribution in [1.82, 2.24) is 0 Å². The molecule has 0 aliphatic rings. The van der Waals surface area contributed by atoms with Crippen molar-refractivity contribution in [3.8, 4) is 0 Å². The highest BCUT2D eigenvalue weighted by Gasteiger charge is 2.34. The summed E-state index contributed by atoms with van der Waals surface area (Å²) in [4.78, 5) is 0. The van der Waals surface area contributed by atoms with Gasteiger partial charge in [0.15, 0.2) is 0 Å². The molecule has 0 saturated heterocycles. The second kappa shape index (κ2) is 4.44. The highest BCUT2D eigenvalue weighted by molar-refractivity contribution is 5.28. The maximum absolute atomic E-state index is 13.2. The molecule has 0 aromatic heterocycles. The Balaban J connectivity index is 3.09. The predicted octanol–water partition coefficient (Wildman–Crippen LogP) is 4.60. The maximum atomic E-state index is 13.2. The molecule has 4 heteroatoms. The number of hydrogen-bond acceptors (Lipinski definition) is 0. The zero-order valence-corrected chi connectivity index (χ0v) is 9.40. The fourth-order valence-electron chi connectivity index (χ4n) is 1.43. The molecule has 0 spiro atoms. The molecule has 0 bridgehead atoms. The van der Waals surface area contributed by atoms with Crippen LogP contribution >= 0.6 is 0 Å². The lowest BCUT2D eigenvalue weighted by molar-refractivity contribution is -0.140. The summed E-state index contributed by atoms with van der Waals surface area (Å²) in [6.45, 7) is 5.76. The Labute approximate surface area is 92.3 Å². The van der Waals surface area contributed by atoms with Crippen molar-refractivity contribution in [1.29, 1.82) is 0 Å². The van der Waals surface area contributed by atoms with E-state index in [1.54, 1.807) is 0 Å². The predicted molar refractivity (Wildman–Crippen MR) is 54.7 cm³/mol. The van der Waals surface area contributed by atoms with Crippen LogP contribution in [0.25, 0.3) is 0 Å². The molecular weight excluding hydrogens is 220 g/mol. The average molecular weight is 234 g/mol. The number of alkyl halides is 3. The molecule has 1 aromatic rings. The van der Waals surface area contributed by atoms with Gasteiger partial charge >= 0.3 is 6.18 Å². The number of benzene rings is 1. The first kappa shape index (κ1) is 13.0. The van der Waals surface area contributed by atoms with E-state index in [1.807, 2.05) is 20.8 Å². The first-order valence-electron chi connectivity index (χ1n) is 5.10. The van der Waals surface area contributed by atoms with Crippen LogP contribution in [0.15, 0.2) is 18.2 Å². The van der Waals surface area contributed by atoms with Gasteiger partial charge in [-0.3, -0.25) is 0 Å². The summed E-state index contributed by atoms with van der Waals surface area (Å²) in [7, 11) is 0. The van der Waals surface area contributed by atoms with Crippen molar-refractivity contribution in [2.45, 2.75) is 32.9 Å². The van der Waals surface area contributed by atoms with Gasteiger partial charge in [-0.25, -0.2) is 4.39 Å². The Morgan fingerprint density at radius 2 is 1.62 bits per heavy atom. The molecule has 1 aromatic carbocycles. The van der Waals surface area contributed by atoms with Crippen LogP contribution in [-0.4, -0.2) is 0 Å². The van der Waals surface area contributed by atoms with Crippen LogP contribution in [0.2, 0.25) is 0 Å². The van der Waals surface area contributed by atoms with E-state index in [2.05, 4.69) is 0 Å². The van der Waals surface area contributed by atoms with E-state index >= 15 is 0 Å². The molecule has 0 aliphatic heterocycles. The molecular formula is C12H14F4. The molecule has 0 saturated carbocycles. The third-order valence-corrected chi connectivity index (χ3v) is 2.82. The van der Waals surface area contributed by atoms with Gasteiger partial charge in [0, 0.05) is 0 Å². The van der Waals surface area contributed by atoms with Gasteiger partial charge in [-0.1, -0.05) is 26.8 Å². The molecule has 0 unspecified atom stereocenters. The summed E-state index contributed by atoms with van der Waals surface area (Å²) < 4.78 is 50.2. The molecule has 0 radical (unpaired) electrons. The molecule has 0 fully saturated rings. The van der Waals surface area contributed by atoms with E-state index in [1.165, 1.54) is 6.07 Å². The van der Waals surface area contributed by atoms with E-state index in [0.717, 1.165) is 12.1 Å². The van der Waals surface area contributed by atoms with Crippen LogP contribution < -0.4 is 0 Å². The van der Waals surface area contributed by atoms with Gasteiger partial charge in [0.05, 0.1) is 5.56 Å². The van der Waals surface area contributed by atoms with Crippen LogP contribution in [0.5, 0.6) is 0 Å². The van der Waals surface area contributed by atoms with Gasteiger partial charge in [-0.05, 0) is 29.5 Å². The Bertz CT molecular complexity index is 366. The van der Waals surface area contributed by atoms with E-state index in [-0.39, 0.29) is 11.8 Å². The van der Waals surface area contributed by atoms with Gasteiger partial charge in [-0.15, -0.1) is 0 Å². The van der Waals surface area contributed by atoms with E-state index in [0.29, 0.717) is 5.56 Å². The van der Waals surface area contributed by atoms with Gasteiger partial charge in [-0.2, -0.15) is 13.2 Å². The SMILES string of the molecule is CC(C)[C@@H](C)c1ccc(C(F)(F)F)c(F)c1. The number of hydrogen-bond donors (Lipinski definition) is 0. The van der Waals surface area contributed by atoms with Crippen LogP contribution in [0, 0.1) is 11.7 Å². The Morgan fingerprint density at radius 1 is 1.06 bits per heavy atom. The number of rotatable bonds is 2. The first-order valence-corrected chi connectivity index (χ1v) is 5.10. The average Bonchev–Trinajstić information content (AvgIpc) is 2.14. The second-order valence-corrected chi connectivity index (χ2v) is 4.27. The normalized spacial score (nSPS) is 14.2. The van der Waals surface area contributed by atoms with Crippen LogP contribution in [0.3, 0.4) is 0 Å². The largest absolute Gasteiger partial charge is 0.419 e. The van der Waals surface area contributed by atoms with Gasteiger partial charge < -0.3 is 0 Å². The van der Waals surface area contributed by atoms with E-state index < -0.39 is 17.6 Å². The zero-order valence-electron chi connectivity index (χ0n) is 9.40.